The molecule has 1 saturated heterocycles. The zero-order chi connectivity index (χ0) is 17.3. The second kappa shape index (κ2) is 5.40. The molecule has 5 atom stereocenters. The van der Waals surface area contributed by atoms with Crippen molar-refractivity contribution in [2.75, 3.05) is 7.11 Å². The van der Waals surface area contributed by atoms with Gasteiger partial charge in [-0.05, 0) is 56.8 Å². The van der Waals surface area contributed by atoms with Crippen LogP contribution >= 0.6 is 0 Å². The van der Waals surface area contributed by atoms with Gasteiger partial charge in [-0.1, -0.05) is 0 Å². The first-order valence-electron chi connectivity index (χ1n) is 9.77. The highest BCUT2D eigenvalue weighted by Gasteiger charge is 2.70. The average molecular weight is 354 g/mol. The summed E-state index contributed by atoms with van der Waals surface area (Å²) >= 11 is 0. The second-order valence-corrected chi connectivity index (χ2v) is 9.12. The molecule has 6 rings (SSSR count). The number of hydrogen-bond donors (Lipinski definition) is 0. The molecule has 5 nitrogen and oxygen atoms in total. The molecule has 4 bridgehead atoms. The van der Waals surface area contributed by atoms with Gasteiger partial charge in [0, 0.05) is 31.1 Å². The van der Waals surface area contributed by atoms with E-state index in [0.29, 0.717) is 31.1 Å². The smallest absolute Gasteiger partial charge is 0.305 e. The molecule has 0 N–H and O–H groups in total. The third kappa shape index (κ3) is 2.47. The minimum Gasteiger partial charge on any atom is -0.469 e. The van der Waals surface area contributed by atoms with E-state index in [1.165, 1.54) is 7.11 Å². The molecule has 1 aliphatic heterocycles. The van der Waals surface area contributed by atoms with Gasteiger partial charge in [0.1, 0.15) is 5.67 Å². The summed E-state index contributed by atoms with van der Waals surface area (Å²) in [6.07, 6.45) is 7.42. The van der Waals surface area contributed by atoms with E-state index in [4.69, 9.17) is 19.2 Å². The number of rotatable bonds is 2. The Hall–Kier alpha value is -0.720. The van der Waals surface area contributed by atoms with Gasteiger partial charge >= 0.3 is 5.97 Å². The van der Waals surface area contributed by atoms with Crippen molar-refractivity contribution in [2.45, 2.75) is 81.5 Å². The topological polar surface area (TPSA) is 54.0 Å². The number of methoxy groups -OCH3 is 1. The van der Waals surface area contributed by atoms with Gasteiger partial charge in [0.2, 0.25) is 11.6 Å². The molecule has 5 saturated carbocycles. The van der Waals surface area contributed by atoms with Crippen LogP contribution in [0.1, 0.15) is 64.2 Å². The van der Waals surface area contributed by atoms with Crippen LogP contribution in [0.5, 0.6) is 0 Å². The van der Waals surface area contributed by atoms with E-state index in [2.05, 4.69) is 0 Å². The van der Waals surface area contributed by atoms with Crippen LogP contribution in [-0.4, -0.2) is 30.3 Å². The molecule has 5 aliphatic carbocycles. The molecule has 0 aromatic heterocycles. The summed E-state index contributed by atoms with van der Waals surface area (Å²) in [5, 5.41) is 0. The van der Waals surface area contributed by atoms with E-state index >= 15 is 0 Å². The molecule has 2 spiro atoms. The van der Waals surface area contributed by atoms with E-state index in [-0.39, 0.29) is 17.8 Å². The van der Waals surface area contributed by atoms with Gasteiger partial charge in [0.15, 0.2) is 0 Å². The minimum absolute atomic E-state index is 0.107. The number of halogens is 1. The summed E-state index contributed by atoms with van der Waals surface area (Å²) in [7, 11) is 1.43. The number of carbonyl (C=O) groups is 1. The molecule has 0 amide bonds. The number of ether oxygens (including phenoxy) is 2. The van der Waals surface area contributed by atoms with Crippen LogP contribution in [0.15, 0.2) is 0 Å². The third-order valence-electron chi connectivity index (χ3n) is 7.47. The fraction of sp³-hybridized carbons (Fsp3) is 0.947. The fourth-order valence-corrected chi connectivity index (χ4v) is 6.43. The van der Waals surface area contributed by atoms with Crippen molar-refractivity contribution >= 4 is 5.97 Å². The van der Waals surface area contributed by atoms with Gasteiger partial charge < -0.3 is 9.47 Å². The zero-order valence-corrected chi connectivity index (χ0v) is 14.8. The molecule has 25 heavy (non-hydrogen) atoms. The summed E-state index contributed by atoms with van der Waals surface area (Å²) in [4.78, 5) is 23.2. The SMILES string of the molecule is COC(=O)CC1CCC2(CC1)OOC1(O2)[C@@H]2CC3C[C@H]1CC(F)(C3)C2. The Morgan fingerprint density at radius 1 is 1.12 bits per heavy atom. The first kappa shape index (κ1) is 16.5. The summed E-state index contributed by atoms with van der Waals surface area (Å²) in [6, 6.07) is 0. The van der Waals surface area contributed by atoms with Crippen molar-refractivity contribution in [3.8, 4) is 0 Å². The maximum absolute atomic E-state index is 15.0. The van der Waals surface area contributed by atoms with Gasteiger partial charge in [-0.2, -0.15) is 9.78 Å². The molecule has 6 fully saturated rings. The maximum Gasteiger partial charge on any atom is 0.305 e. The van der Waals surface area contributed by atoms with Crippen LogP contribution in [0, 0.1) is 23.7 Å². The molecule has 6 aliphatic rings. The van der Waals surface area contributed by atoms with Crippen molar-refractivity contribution in [3.63, 3.8) is 0 Å². The van der Waals surface area contributed by atoms with Gasteiger partial charge in [-0.15, -0.1) is 0 Å². The summed E-state index contributed by atoms with van der Waals surface area (Å²) < 4.78 is 26.3. The standard InChI is InChI=1S/C19H27FO5/c1-22-16(21)8-12-2-4-18(5-3-12)23-19(25-24-18)14-6-13-7-15(19)11-17(20,9-13)10-14/h12-15H,2-11H2,1H3/t12?,13?,14-,15+,17?,18?,19?. The second-order valence-electron chi connectivity index (χ2n) is 9.12. The Morgan fingerprint density at radius 3 is 2.40 bits per heavy atom. The Kier molecular flexibility index (Phi) is 3.55. The monoisotopic (exact) mass is 354 g/mol. The number of esters is 1. The lowest BCUT2D eigenvalue weighted by Crippen LogP contribution is -2.63. The normalized spacial score (nSPS) is 53.7. The van der Waals surface area contributed by atoms with Crippen molar-refractivity contribution in [1.82, 2.24) is 0 Å². The zero-order valence-electron chi connectivity index (χ0n) is 14.8. The highest BCUT2D eigenvalue weighted by molar-refractivity contribution is 5.69. The summed E-state index contributed by atoms with van der Waals surface area (Å²) in [5.41, 5.74) is -1.01. The van der Waals surface area contributed by atoms with Crippen molar-refractivity contribution < 1.29 is 28.4 Å². The summed E-state index contributed by atoms with van der Waals surface area (Å²) in [5.74, 6) is -0.585. The summed E-state index contributed by atoms with van der Waals surface area (Å²) in [6.45, 7) is 0. The molecule has 140 valence electrons. The fourth-order valence-electron chi connectivity index (χ4n) is 6.43. The van der Waals surface area contributed by atoms with Crippen molar-refractivity contribution in [3.05, 3.63) is 0 Å². The van der Waals surface area contributed by atoms with Gasteiger partial charge in [0.05, 0.1) is 7.11 Å². The quantitative estimate of drug-likeness (QED) is 0.559. The van der Waals surface area contributed by atoms with Crippen LogP contribution in [-0.2, 0) is 24.0 Å². The Morgan fingerprint density at radius 2 is 1.80 bits per heavy atom. The molecule has 3 unspecified atom stereocenters. The maximum atomic E-state index is 15.0. The van der Waals surface area contributed by atoms with E-state index < -0.39 is 17.2 Å². The van der Waals surface area contributed by atoms with Crippen LogP contribution in [0.4, 0.5) is 4.39 Å². The van der Waals surface area contributed by atoms with Gasteiger partial charge in [0.25, 0.3) is 0 Å². The van der Waals surface area contributed by atoms with Gasteiger partial charge in [-0.25, -0.2) is 4.39 Å². The minimum atomic E-state index is -1.01. The highest BCUT2D eigenvalue weighted by Crippen LogP contribution is 2.65. The molecule has 1 heterocycles. The molecular formula is C19H27FO5. The lowest BCUT2D eigenvalue weighted by molar-refractivity contribution is -0.394. The Labute approximate surface area is 147 Å². The number of alkyl halides is 1. The first-order chi connectivity index (χ1) is 11.9. The number of hydrogen-bond acceptors (Lipinski definition) is 5. The first-order valence-corrected chi connectivity index (χ1v) is 9.77. The third-order valence-corrected chi connectivity index (χ3v) is 7.47. The predicted molar refractivity (Wildman–Crippen MR) is 84.7 cm³/mol. The van der Waals surface area contributed by atoms with E-state index in [0.717, 1.165) is 44.9 Å². The number of carbonyl (C=O) groups excluding carboxylic acids is 1. The lowest BCUT2D eigenvalue weighted by Gasteiger charge is -2.59. The average Bonchev–Trinajstić information content (AvgIpc) is 2.94. The largest absolute Gasteiger partial charge is 0.469 e. The van der Waals surface area contributed by atoms with E-state index in [1.54, 1.807) is 0 Å². The molecule has 0 aromatic carbocycles. The van der Waals surface area contributed by atoms with E-state index in [9.17, 15) is 9.18 Å². The van der Waals surface area contributed by atoms with Crippen LogP contribution in [0.3, 0.4) is 0 Å². The predicted octanol–water partition coefficient (Wildman–Crippen LogP) is 3.66. The molecule has 0 radical (unpaired) electrons. The van der Waals surface area contributed by atoms with Crippen molar-refractivity contribution in [2.24, 2.45) is 23.7 Å². The van der Waals surface area contributed by atoms with E-state index in [1.807, 2.05) is 0 Å². The molecular weight excluding hydrogens is 327 g/mol. The van der Waals surface area contributed by atoms with Crippen LogP contribution < -0.4 is 0 Å². The van der Waals surface area contributed by atoms with Crippen LogP contribution in [0.2, 0.25) is 0 Å². The molecule has 6 heteroatoms. The highest BCUT2D eigenvalue weighted by atomic mass is 19.1. The molecule has 0 aromatic rings. The van der Waals surface area contributed by atoms with Crippen molar-refractivity contribution in [1.29, 1.82) is 0 Å². The van der Waals surface area contributed by atoms with Gasteiger partial charge in [-0.3, -0.25) is 4.79 Å². The van der Waals surface area contributed by atoms with Crippen LogP contribution in [0.25, 0.3) is 0 Å². The Bertz CT molecular complexity index is 554. The lowest BCUT2D eigenvalue weighted by atomic mass is 9.52. The Balaban J connectivity index is 1.29.